The van der Waals surface area contributed by atoms with Crippen LogP contribution in [0.4, 0.5) is 0 Å². The fraction of sp³-hybridized carbons (Fsp3) is 0.769. The number of ether oxygens (including phenoxy) is 2. The van der Waals surface area contributed by atoms with Crippen molar-refractivity contribution in [3.63, 3.8) is 0 Å². The Hall–Kier alpha value is -0.830. The molecule has 0 amide bonds. The molecule has 0 aromatic carbocycles. The van der Waals surface area contributed by atoms with Gasteiger partial charge >= 0.3 is 5.97 Å². The van der Waals surface area contributed by atoms with Crippen molar-refractivity contribution in [2.24, 2.45) is 0 Å². The first-order chi connectivity index (χ1) is 7.81. The van der Waals surface area contributed by atoms with Gasteiger partial charge in [0, 0.05) is 19.3 Å². The monoisotopic (exact) mass is 228 g/mol. The van der Waals surface area contributed by atoms with Gasteiger partial charge in [0.25, 0.3) is 0 Å². The number of carbonyl (C=O) groups excluding carboxylic acids is 1. The third-order valence-electron chi connectivity index (χ3n) is 2.19. The molecule has 0 atom stereocenters. The molecule has 0 radical (unpaired) electrons. The SMILES string of the molecule is C=CC(=O)OCCCCCCCOCCC. The largest absolute Gasteiger partial charge is 0.463 e. The maximum Gasteiger partial charge on any atom is 0.330 e. The van der Waals surface area contributed by atoms with Crippen LogP contribution in [0.1, 0.15) is 45.4 Å². The standard InChI is InChI=1S/C13H24O3/c1-3-10-15-11-8-6-5-7-9-12-16-13(14)4-2/h4H,2-3,5-12H2,1H3. The van der Waals surface area contributed by atoms with E-state index in [1.165, 1.54) is 18.9 Å². The Morgan fingerprint density at radius 2 is 1.69 bits per heavy atom. The molecule has 0 bridgehead atoms. The molecular formula is C13H24O3. The number of rotatable bonds is 11. The number of esters is 1. The zero-order valence-electron chi connectivity index (χ0n) is 10.4. The van der Waals surface area contributed by atoms with Crippen molar-refractivity contribution in [2.45, 2.75) is 45.4 Å². The van der Waals surface area contributed by atoms with Gasteiger partial charge in [-0.25, -0.2) is 4.79 Å². The van der Waals surface area contributed by atoms with Crippen molar-refractivity contribution in [2.75, 3.05) is 19.8 Å². The average molecular weight is 228 g/mol. The van der Waals surface area contributed by atoms with E-state index in [1.54, 1.807) is 0 Å². The van der Waals surface area contributed by atoms with Crippen molar-refractivity contribution < 1.29 is 14.3 Å². The van der Waals surface area contributed by atoms with Gasteiger partial charge in [-0.2, -0.15) is 0 Å². The lowest BCUT2D eigenvalue weighted by molar-refractivity contribution is -0.137. The fourth-order valence-electron chi connectivity index (χ4n) is 1.31. The van der Waals surface area contributed by atoms with Crippen LogP contribution in [-0.2, 0) is 14.3 Å². The lowest BCUT2D eigenvalue weighted by Gasteiger charge is -2.03. The van der Waals surface area contributed by atoms with Crippen molar-refractivity contribution in [1.82, 2.24) is 0 Å². The minimum atomic E-state index is -0.326. The van der Waals surface area contributed by atoms with Crippen LogP contribution in [-0.4, -0.2) is 25.8 Å². The molecular weight excluding hydrogens is 204 g/mol. The van der Waals surface area contributed by atoms with Crippen LogP contribution in [0.2, 0.25) is 0 Å². The minimum Gasteiger partial charge on any atom is -0.463 e. The van der Waals surface area contributed by atoms with Crippen molar-refractivity contribution in [1.29, 1.82) is 0 Å². The summed E-state index contributed by atoms with van der Waals surface area (Å²) in [7, 11) is 0. The van der Waals surface area contributed by atoms with Crippen LogP contribution in [0.5, 0.6) is 0 Å². The van der Waals surface area contributed by atoms with E-state index in [1.807, 2.05) is 0 Å². The van der Waals surface area contributed by atoms with E-state index < -0.39 is 0 Å². The Kier molecular flexibility index (Phi) is 11.6. The number of hydrogen-bond donors (Lipinski definition) is 0. The fourth-order valence-corrected chi connectivity index (χ4v) is 1.31. The summed E-state index contributed by atoms with van der Waals surface area (Å²) in [6, 6.07) is 0. The van der Waals surface area contributed by atoms with Gasteiger partial charge in [-0.1, -0.05) is 32.8 Å². The summed E-state index contributed by atoms with van der Waals surface area (Å²) in [6.45, 7) is 7.71. The first-order valence-electron chi connectivity index (χ1n) is 6.18. The average Bonchev–Trinajstić information content (AvgIpc) is 2.31. The molecule has 0 aliphatic carbocycles. The Balaban J connectivity index is 2.98. The lowest BCUT2D eigenvalue weighted by atomic mass is 10.1. The molecule has 0 unspecified atom stereocenters. The summed E-state index contributed by atoms with van der Waals surface area (Å²) in [5.74, 6) is -0.326. The summed E-state index contributed by atoms with van der Waals surface area (Å²) >= 11 is 0. The predicted molar refractivity (Wildman–Crippen MR) is 65.4 cm³/mol. The molecule has 0 spiro atoms. The highest BCUT2D eigenvalue weighted by Crippen LogP contribution is 2.03. The first kappa shape index (κ1) is 15.2. The van der Waals surface area contributed by atoms with Crippen molar-refractivity contribution >= 4 is 5.97 Å². The second kappa shape index (κ2) is 12.2. The maximum absolute atomic E-state index is 10.7. The maximum atomic E-state index is 10.7. The third kappa shape index (κ3) is 11.2. The Labute approximate surface area is 98.8 Å². The van der Waals surface area contributed by atoms with E-state index in [0.29, 0.717) is 6.61 Å². The molecule has 0 aromatic heterocycles. The van der Waals surface area contributed by atoms with Gasteiger partial charge in [-0.05, 0) is 19.3 Å². The summed E-state index contributed by atoms with van der Waals surface area (Å²) in [6.07, 6.45) is 7.85. The van der Waals surface area contributed by atoms with Crippen LogP contribution in [0.25, 0.3) is 0 Å². The smallest absolute Gasteiger partial charge is 0.330 e. The summed E-state index contributed by atoms with van der Waals surface area (Å²) in [5.41, 5.74) is 0. The van der Waals surface area contributed by atoms with Crippen molar-refractivity contribution in [3.05, 3.63) is 12.7 Å². The molecule has 16 heavy (non-hydrogen) atoms. The van der Waals surface area contributed by atoms with Crippen LogP contribution in [0, 0.1) is 0 Å². The van der Waals surface area contributed by atoms with Crippen molar-refractivity contribution in [3.8, 4) is 0 Å². The zero-order chi connectivity index (χ0) is 12.1. The second-order valence-corrected chi connectivity index (χ2v) is 3.75. The molecule has 3 heteroatoms. The molecule has 0 N–H and O–H groups in total. The van der Waals surface area contributed by atoms with E-state index in [2.05, 4.69) is 13.5 Å². The van der Waals surface area contributed by atoms with Crippen LogP contribution in [0.15, 0.2) is 12.7 Å². The van der Waals surface area contributed by atoms with Gasteiger partial charge in [0.15, 0.2) is 0 Å². The third-order valence-corrected chi connectivity index (χ3v) is 2.19. The van der Waals surface area contributed by atoms with Crippen LogP contribution >= 0.6 is 0 Å². The second-order valence-electron chi connectivity index (χ2n) is 3.75. The Morgan fingerprint density at radius 3 is 2.31 bits per heavy atom. The quantitative estimate of drug-likeness (QED) is 0.310. The Bertz CT molecular complexity index is 178. The van der Waals surface area contributed by atoms with E-state index >= 15 is 0 Å². The van der Waals surface area contributed by atoms with Crippen LogP contribution in [0.3, 0.4) is 0 Å². The molecule has 0 rings (SSSR count). The zero-order valence-corrected chi connectivity index (χ0v) is 10.4. The Morgan fingerprint density at radius 1 is 1.06 bits per heavy atom. The highest BCUT2D eigenvalue weighted by atomic mass is 16.5. The van der Waals surface area contributed by atoms with E-state index in [4.69, 9.17) is 9.47 Å². The molecule has 0 aliphatic heterocycles. The van der Waals surface area contributed by atoms with Crippen LogP contribution < -0.4 is 0 Å². The molecule has 94 valence electrons. The summed E-state index contributed by atoms with van der Waals surface area (Å²) < 4.78 is 10.2. The molecule has 0 aliphatic rings. The van der Waals surface area contributed by atoms with E-state index in [9.17, 15) is 4.79 Å². The lowest BCUT2D eigenvalue weighted by Crippen LogP contribution is -2.01. The van der Waals surface area contributed by atoms with Gasteiger partial charge < -0.3 is 9.47 Å². The number of carbonyl (C=O) groups is 1. The first-order valence-corrected chi connectivity index (χ1v) is 6.18. The van der Waals surface area contributed by atoms with Gasteiger partial charge in [-0.15, -0.1) is 0 Å². The molecule has 0 fully saturated rings. The van der Waals surface area contributed by atoms with E-state index in [-0.39, 0.29) is 5.97 Å². The van der Waals surface area contributed by atoms with Gasteiger partial charge in [0.2, 0.25) is 0 Å². The molecule has 0 saturated carbocycles. The highest BCUT2D eigenvalue weighted by Gasteiger charge is 1.95. The topological polar surface area (TPSA) is 35.5 Å². The number of hydrogen-bond acceptors (Lipinski definition) is 3. The van der Waals surface area contributed by atoms with Gasteiger partial charge in [0.1, 0.15) is 0 Å². The van der Waals surface area contributed by atoms with Gasteiger partial charge in [-0.3, -0.25) is 0 Å². The molecule has 0 aromatic rings. The molecule has 0 saturated heterocycles. The normalized spacial score (nSPS) is 10.1. The molecule has 0 heterocycles. The minimum absolute atomic E-state index is 0.326. The predicted octanol–water partition coefficient (Wildman–Crippen LogP) is 3.09. The summed E-state index contributed by atoms with van der Waals surface area (Å²) in [4.78, 5) is 10.7. The summed E-state index contributed by atoms with van der Waals surface area (Å²) in [5, 5.41) is 0. The van der Waals surface area contributed by atoms with Gasteiger partial charge in [0.05, 0.1) is 6.61 Å². The van der Waals surface area contributed by atoms with E-state index in [0.717, 1.165) is 38.9 Å². The molecule has 3 nitrogen and oxygen atoms in total. The number of unbranched alkanes of at least 4 members (excludes halogenated alkanes) is 4. The highest BCUT2D eigenvalue weighted by molar-refractivity contribution is 5.81.